The Bertz CT molecular complexity index is 1080. The van der Waals surface area contributed by atoms with E-state index in [-0.39, 0.29) is 22.2 Å². The Morgan fingerprint density at radius 1 is 1.19 bits per heavy atom. The van der Waals surface area contributed by atoms with E-state index in [1.807, 2.05) is 19.1 Å². The van der Waals surface area contributed by atoms with Gasteiger partial charge in [0.1, 0.15) is 12.2 Å². The lowest BCUT2D eigenvalue weighted by Crippen LogP contribution is -2.09. The van der Waals surface area contributed by atoms with Crippen molar-refractivity contribution in [3.8, 4) is 0 Å². The summed E-state index contributed by atoms with van der Waals surface area (Å²) < 4.78 is 10.7. The van der Waals surface area contributed by atoms with Crippen LogP contribution in [0.25, 0.3) is 11.0 Å². The van der Waals surface area contributed by atoms with Gasteiger partial charge < -0.3 is 9.15 Å². The number of carbonyl (C=O) groups is 1. The zero-order valence-electron chi connectivity index (χ0n) is 15.1. The Balaban J connectivity index is 1.96. The third kappa shape index (κ3) is 4.02. The Hall–Kier alpha value is -2.30. The largest absolute Gasteiger partial charge is 0.457 e. The first-order valence-corrected chi connectivity index (χ1v) is 9.22. The summed E-state index contributed by atoms with van der Waals surface area (Å²) in [5.74, 6) is -0.304. The monoisotopic (exact) mass is 404 g/mol. The summed E-state index contributed by atoms with van der Waals surface area (Å²) in [5, 5.41) is 1.15. The normalized spacial score (nSPS) is 11.2. The summed E-state index contributed by atoms with van der Waals surface area (Å²) in [5.41, 5.74) is 2.91. The number of hydrogen-bond donors (Lipinski definition) is 0. The van der Waals surface area contributed by atoms with E-state index in [0.717, 1.165) is 16.5 Å². The Kier molecular flexibility index (Phi) is 5.59. The van der Waals surface area contributed by atoms with Crippen LogP contribution >= 0.6 is 23.2 Å². The molecule has 0 unspecified atom stereocenters. The summed E-state index contributed by atoms with van der Waals surface area (Å²) in [6.07, 6.45) is 0. The molecule has 140 valence electrons. The molecular weight excluding hydrogens is 387 g/mol. The first kappa shape index (κ1) is 19.5. The van der Waals surface area contributed by atoms with Gasteiger partial charge in [-0.2, -0.15) is 0 Å². The van der Waals surface area contributed by atoms with Crippen molar-refractivity contribution in [2.75, 3.05) is 0 Å². The van der Waals surface area contributed by atoms with Gasteiger partial charge in [0.15, 0.2) is 0 Å². The van der Waals surface area contributed by atoms with Crippen LogP contribution in [0.5, 0.6) is 0 Å². The molecule has 2 aromatic carbocycles. The number of rotatable bonds is 4. The number of carbonyl (C=O) groups excluding carboxylic acids is 1. The fourth-order valence-electron chi connectivity index (χ4n) is 3.02. The molecule has 1 aromatic heterocycles. The average Bonchev–Trinajstić information content (AvgIpc) is 2.60. The molecule has 0 bridgehead atoms. The first-order chi connectivity index (χ1) is 12.8. The second-order valence-electron chi connectivity index (χ2n) is 6.63. The van der Waals surface area contributed by atoms with E-state index in [4.69, 9.17) is 32.4 Å². The van der Waals surface area contributed by atoms with Crippen molar-refractivity contribution in [3.63, 3.8) is 0 Å². The van der Waals surface area contributed by atoms with E-state index in [1.54, 1.807) is 12.1 Å². The molecule has 0 saturated heterocycles. The molecule has 0 aliphatic heterocycles. The Morgan fingerprint density at radius 3 is 2.63 bits per heavy atom. The SMILES string of the molecule is Cc1cc2oc(=O)cc(COC(=O)c3cccc(Cl)c3Cl)c2cc1C(C)C. The third-order valence-electron chi connectivity index (χ3n) is 4.37. The van der Waals surface area contributed by atoms with Crippen LogP contribution in [0.1, 0.15) is 46.8 Å². The smallest absolute Gasteiger partial charge is 0.340 e. The van der Waals surface area contributed by atoms with Gasteiger partial charge in [0.2, 0.25) is 0 Å². The molecule has 0 radical (unpaired) electrons. The van der Waals surface area contributed by atoms with Gasteiger partial charge in [0.25, 0.3) is 0 Å². The maximum absolute atomic E-state index is 12.4. The molecule has 0 atom stereocenters. The van der Waals surface area contributed by atoms with Gasteiger partial charge in [-0.15, -0.1) is 0 Å². The molecule has 27 heavy (non-hydrogen) atoms. The quantitative estimate of drug-likeness (QED) is 0.401. The third-order valence-corrected chi connectivity index (χ3v) is 5.19. The van der Waals surface area contributed by atoms with Gasteiger partial charge in [-0.1, -0.05) is 43.1 Å². The summed E-state index contributed by atoms with van der Waals surface area (Å²) in [7, 11) is 0. The van der Waals surface area contributed by atoms with Crippen LogP contribution in [0.15, 0.2) is 45.6 Å². The van der Waals surface area contributed by atoms with Gasteiger partial charge in [-0.25, -0.2) is 9.59 Å². The molecule has 0 aliphatic carbocycles. The van der Waals surface area contributed by atoms with Crippen molar-refractivity contribution in [1.82, 2.24) is 0 Å². The highest BCUT2D eigenvalue weighted by atomic mass is 35.5. The minimum atomic E-state index is -0.611. The molecule has 1 heterocycles. The number of hydrogen-bond acceptors (Lipinski definition) is 4. The fraction of sp³-hybridized carbons (Fsp3) is 0.238. The van der Waals surface area contributed by atoms with E-state index < -0.39 is 11.6 Å². The minimum Gasteiger partial charge on any atom is -0.457 e. The van der Waals surface area contributed by atoms with Gasteiger partial charge in [-0.3, -0.25) is 0 Å². The number of halogens is 2. The molecular formula is C21H18Cl2O4. The summed E-state index contributed by atoms with van der Waals surface area (Å²) >= 11 is 12.0. The van der Waals surface area contributed by atoms with Crippen LogP contribution in [-0.4, -0.2) is 5.97 Å². The molecule has 0 N–H and O–H groups in total. The van der Waals surface area contributed by atoms with Gasteiger partial charge >= 0.3 is 11.6 Å². The summed E-state index contributed by atoms with van der Waals surface area (Å²) in [4.78, 5) is 24.3. The van der Waals surface area contributed by atoms with Crippen LogP contribution < -0.4 is 5.63 Å². The molecule has 4 nitrogen and oxygen atoms in total. The molecule has 0 fully saturated rings. The lowest BCUT2D eigenvalue weighted by Gasteiger charge is -2.13. The van der Waals surface area contributed by atoms with Gasteiger partial charge in [-0.05, 0) is 48.2 Å². The molecule has 3 aromatic rings. The molecule has 6 heteroatoms. The van der Waals surface area contributed by atoms with Crippen LogP contribution in [0, 0.1) is 6.92 Å². The first-order valence-electron chi connectivity index (χ1n) is 8.46. The summed E-state index contributed by atoms with van der Waals surface area (Å²) in [6.45, 7) is 6.08. The average molecular weight is 405 g/mol. The molecule has 0 saturated carbocycles. The van der Waals surface area contributed by atoms with Gasteiger partial charge in [0.05, 0.1) is 15.6 Å². The summed E-state index contributed by atoms with van der Waals surface area (Å²) in [6, 6.07) is 9.91. The van der Waals surface area contributed by atoms with E-state index in [2.05, 4.69) is 13.8 Å². The minimum absolute atomic E-state index is 0.0790. The van der Waals surface area contributed by atoms with Crippen molar-refractivity contribution < 1.29 is 13.9 Å². The van der Waals surface area contributed by atoms with Crippen LogP contribution in [0.2, 0.25) is 10.0 Å². The van der Waals surface area contributed by atoms with E-state index in [0.29, 0.717) is 17.1 Å². The van der Waals surface area contributed by atoms with Crippen molar-refractivity contribution in [3.05, 3.63) is 79.1 Å². The van der Waals surface area contributed by atoms with Crippen molar-refractivity contribution in [2.45, 2.75) is 33.3 Å². The fourth-order valence-corrected chi connectivity index (χ4v) is 3.39. The highest BCUT2D eigenvalue weighted by Gasteiger charge is 2.16. The van der Waals surface area contributed by atoms with Crippen molar-refractivity contribution in [2.24, 2.45) is 0 Å². The van der Waals surface area contributed by atoms with Gasteiger partial charge in [0, 0.05) is 17.0 Å². The number of benzene rings is 2. The number of esters is 1. The van der Waals surface area contributed by atoms with Crippen LogP contribution in [0.3, 0.4) is 0 Å². The highest BCUT2D eigenvalue weighted by Crippen LogP contribution is 2.28. The molecule has 0 aliphatic rings. The second kappa shape index (κ2) is 7.75. The zero-order chi connectivity index (χ0) is 19.7. The number of ether oxygens (including phenoxy) is 1. The van der Waals surface area contributed by atoms with Crippen LogP contribution in [-0.2, 0) is 11.3 Å². The van der Waals surface area contributed by atoms with E-state index in [9.17, 15) is 9.59 Å². The maximum atomic E-state index is 12.4. The predicted molar refractivity (Wildman–Crippen MR) is 107 cm³/mol. The van der Waals surface area contributed by atoms with E-state index >= 15 is 0 Å². The molecule has 3 rings (SSSR count). The highest BCUT2D eigenvalue weighted by molar-refractivity contribution is 6.43. The second-order valence-corrected chi connectivity index (χ2v) is 7.41. The zero-order valence-corrected chi connectivity index (χ0v) is 16.6. The number of fused-ring (bicyclic) bond motifs is 1. The Labute approximate surface area is 166 Å². The van der Waals surface area contributed by atoms with Crippen molar-refractivity contribution >= 4 is 40.1 Å². The number of aryl methyl sites for hydroxylation is 1. The Morgan fingerprint density at radius 2 is 1.93 bits per heavy atom. The molecule has 0 spiro atoms. The maximum Gasteiger partial charge on any atom is 0.340 e. The van der Waals surface area contributed by atoms with E-state index in [1.165, 1.54) is 12.1 Å². The van der Waals surface area contributed by atoms with Crippen molar-refractivity contribution in [1.29, 1.82) is 0 Å². The molecule has 0 amide bonds. The van der Waals surface area contributed by atoms with Crippen LogP contribution in [0.4, 0.5) is 0 Å². The topological polar surface area (TPSA) is 56.5 Å². The predicted octanol–water partition coefficient (Wildman–Crippen LogP) is 5.89. The lowest BCUT2D eigenvalue weighted by atomic mass is 9.95. The standard InChI is InChI=1S/C21H18Cl2O4/c1-11(2)15-9-16-13(8-19(24)27-18(16)7-12(15)3)10-26-21(25)14-5-4-6-17(22)20(14)23/h4-9,11H,10H2,1-3H3. The lowest BCUT2D eigenvalue weighted by molar-refractivity contribution is 0.0474.